The van der Waals surface area contributed by atoms with Crippen LogP contribution < -0.4 is 5.73 Å². The fraction of sp³-hybridized carbons (Fsp3) is 0.875. The zero-order valence-corrected chi connectivity index (χ0v) is 8.70. The van der Waals surface area contributed by atoms with E-state index in [-0.39, 0.29) is 5.48 Å². The number of aliphatic hydroxyl groups excluding tert-OH is 3. The van der Waals surface area contributed by atoms with Crippen molar-refractivity contribution in [2.24, 2.45) is 5.73 Å². The summed E-state index contributed by atoms with van der Waals surface area (Å²) in [6.07, 6.45) is -4.22. The first-order valence-electron chi connectivity index (χ1n) is 4.48. The summed E-state index contributed by atoms with van der Waals surface area (Å²) in [4.78, 5) is 11.1. The van der Waals surface area contributed by atoms with Gasteiger partial charge in [-0.3, -0.25) is 4.79 Å². The Morgan fingerprint density at radius 1 is 1.44 bits per heavy atom. The van der Waals surface area contributed by atoms with E-state index >= 15 is 0 Å². The Bertz CT molecular complexity index is 259. The molecule has 0 spiro atoms. The number of aliphatic hydroxyl groups is 4. The summed E-state index contributed by atoms with van der Waals surface area (Å²) in [6.45, 7) is 0.402. The van der Waals surface area contributed by atoms with Gasteiger partial charge in [-0.15, -0.1) is 0 Å². The van der Waals surface area contributed by atoms with Crippen LogP contribution in [0.2, 0.25) is 0 Å². The van der Waals surface area contributed by atoms with E-state index in [0.717, 1.165) is 6.92 Å². The van der Waals surface area contributed by atoms with Crippen molar-refractivity contribution in [3.63, 3.8) is 0 Å². The number of Topliss-reactive ketones (excluding diaryl/α,β-unsaturated/α-hetero) is 1. The van der Waals surface area contributed by atoms with Crippen molar-refractivity contribution in [1.82, 2.24) is 0 Å². The van der Waals surface area contributed by atoms with E-state index in [1.54, 1.807) is 0 Å². The van der Waals surface area contributed by atoms with Crippen LogP contribution in [-0.4, -0.2) is 68.4 Å². The molecule has 96 valence electrons. The van der Waals surface area contributed by atoms with Gasteiger partial charge in [0.05, 0.1) is 12.6 Å². The van der Waals surface area contributed by atoms with Crippen LogP contribution in [0.25, 0.3) is 0 Å². The highest BCUT2D eigenvalue weighted by molar-refractivity contribution is 5.84. The van der Waals surface area contributed by atoms with Gasteiger partial charge in [-0.25, -0.2) is 0 Å². The van der Waals surface area contributed by atoms with E-state index in [1.807, 2.05) is 0 Å². The maximum atomic E-state index is 11.1. The van der Waals surface area contributed by atoms with Gasteiger partial charge in [0.25, 0.3) is 0 Å². The van der Waals surface area contributed by atoms with Gasteiger partial charge in [0.15, 0.2) is 5.78 Å². The third-order valence-electron chi connectivity index (χ3n) is 2.57. The number of carbonyl (C=O) groups excluding carboxylic acids is 1. The van der Waals surface area contributed by atoms with Gasteiger partial charge in [-0.05, 0) is 0 Å². The van der Waals surface area contributed by atoms with E-state index in [9.17, 15) is 20.1 Å². The molecule has 8 heteroatoms. The fourth-order valence-corrected chi connectivity index (χ4v) is 1.51. The molecule has 8 N–H and O–H groups in total. The molecule has 0 saturated carbocycles. The summed E-state index contributed by atoms with van der Waals surface area (Å²) in [5.41, 5.74) is 5.38. The SMILES string of the molecule is CC(=O)C1(O)O[C@H](CO)[C@@H](O)[C@H](O)[C@H]1N.O. The summed E-state index contributed by atoms with van der Waals surface area (Å²) in [6, 6.07) is -1.45. The third kappa shape index (κ3) is 2.23. The molecule has 1 fully saturated rings. The zero-order valence-electron chi connectivity index (χ0n) is 8.70. The van der Waals surface area contributed by atoms with Gasteiger partial charge in [0, 0.05) is 6.92 Å². The molecule has 1 aliphatic rings. The largest absolute Gasteiger partial charge is 0.412 e. The number of nitrogens with two attached hydrogens (primary N) is 1. The van der Waals surface area contributed by atoms with Gasteiger partial charge in [-0.1, -0.05) is 0 Å². The van der Waals surface area contributed by atoms with Gasteiger partial charge in [0.2, 0.25) is 5.79 Å². The number of carbonyl (C=O) groups is 1. The Kier molecular flexibility index (Phi) is 4.95. The van der Waals surface area contributed by atoms with Crippen molar-refractivity contribution in [2.45, 2.75) is 37.1 Å². The van der Waals surface area contributed by atoms with Crippen LogP contribution >= 0.6 is 0 Å². The minimum Gasteiger partial charge on any atom is -0.412 e. The van der Waals surface area contributed by atoms with Gasteiger partial charge in [-0.2, -0.15) is 0 Å². The summed E-state index contributed by atoms with van der Waals surface area (Å²) >= 11 is 0. The Labute approximate surface area is 91.6 Å². The number of ketones is 1. The molecular formula is C8H17NO7. The van der Waals surface area contributed by atoms with Crippen LogP contribution in [0.4, 0.5) is 0 Å². The quantitative estimate of drug-likeness (QED) is 0.326. The summed E-state index contributed by atoms with van der Waals surface area (Å²) in [7, 11) is 0. The monoisotopic (exact) mass is 239 g/mol. The molecule has 0 aromatic heterocycles. The van der Waals surface area contributed by atoms with Crippen molar-refractivity contribution >= 4 is 5.78 Å². The maximum Gasteiger partial charge on any atom is 0.244 e. The topological polar surface area (TPSA) is 165 Å². The molecule has 1 aliphatic heterocycles. The van der Waals surface area contributed by atoms with E-state index in [4.69, 9.17) is 15.6 Å². The number of ether oxygens (including phenoxy) is 1. The molecule has 1 unspecified atom stereocenters. The molecule has 0 aliphatic carbocycles. The van der Waals surface area contributed by atoms with Crippen LogP contribution in [0.5, 0.6) is 0 Å². The van der Waals surface area contributed by atoms with E-state index in [2.05, 4.69) is 0 Å². The number of rotatable bonds is 2. The lowest BCUT2D eigenvalue weighted by Gasteiger charge is -2.44. The minimum absolute atomic E-state index is 0. The summed E-state index contributed by atoms with van der Waals surface area (Å²) in [5, 5.41) is 37.4. The van der Waals surface area contributed by atoms with Crippen LogP contribution in [0.15, 0.2) is 0 Å². The van der Waals surface area contributed by atoms with Crippen LogP contribution in [0, 0.1) is 0 Å². The predicted molar refractivity (Wildman–Crippen MR) is 51.2 cm³/mol. The molecule has 1 rings (SSSR count). The van der Waals surface area contributed by atoms with Crippen LogP contribution in [0.1, 0.15) is 6.92 Å². The molecule has 0 aromatic carbocycles. The second-order valence-corrected chi connectivity index (χ2v) is 3.60. The first kappa shape index (κ1) is 15.4. The normalized spacial score (nSPS) is 43.6. The standard InChI is InChI=1S/C8H15NO6.H2O/c1-3(11)8(14)7(9)6(13)5(12)4(2-10)15-8;/h4-7,10,12-14H,2,9H2,1H3;1H2/t4-,5-,6+,7-,8?;/m1./s1. The summed E-state index contributed by atoms with van der Waals surface area (Å²) < 4.78 is 4.80. The lowest BCUT2D eigenvalue weighted by Crippen LogP contribution is -2.70. The van der Waals surface area contributed by atoms with Crippen molar-refractivity contribution in [3.8, 4) is 0 Å². The van der Waals surface area contributed by atoms with Crippen molar-refractivity contribution in [2.75, 3.05) is 6.61 Å². The van der Waals surface area contributed by atoms with Gasteiger partial charge in [0.1, 0.15) is 18.3 Å². The number of hydrogen-bond acceptors (Lipinski definition) is 7. The van der Waals surface area contributed by atoms with Crippen LogP contribution in [-0.2, 0) is 9.53 Å². The molecule has 0 bridgehead atoms. The predicted octanol–water partition coefficient (Wildman–Crippen LogP) is -4.12. The van der Waals surface area contributed by atoms with Crippen molar-refractivity contribution in [3.05, 3.63) is 0 Å². The lowest BCUT2D eigenvalue weighted by molar-refractivity contribution is -0.296. The first-order valence-corrected chi connectivity index (χ1v) is 4.48. The Balaban J connectivity index is 0.00000225. The van der Waals surface area contributed by atoms with E-state index < -0.39 is 42.5 Å². The molecule has 8 nitrogen and oxygen atoms in total. The zero-order chi connectivity index (χ0) is 11.8. The average molecular weight is 239 g/mol. The van der Waals surface area contributed by atoms with E-state index in [1.165, 1.54) is 0 Å². The fourth-order valence-electron chi connectivity index (χ4n) is 1.51. The Morgan fingerprint density at radius 3 is 2.31 bits per heavy atom. The van der Waals surface area contributed by atoms with Gasteiger partial charge >= 0.3 is 0 Å². The lowest BCUT2D eigenvalue weighted by atomic mass is 9.89. The smallest absolute Gasteiger partial charge is 0.244 e. The molecule has 0 amide bonds. The minimum atomic E-state index is -2.37. The third-order valence-corrected chi connectivity index (χ3v) is 2.57. The Morgan fingerprint density at radius 2 is 1.94 bits per heavy atom. The molecule has 5 atom stereocenters. The highest BCUT2D eigenvalue weighted by atomic mass is 16.7. The molecule has 0 radical (unpaired) electrons. The molecule has 1 saturated heterocycles. The Hall–Kier alpha value is -0.610. The van der Waals surface area contributed by atoms with E-state index in [0.29, 0.717) is 0 Å². The van der Waals surface area contributed by atoms with Crippen molar-refractivity contribution < 1.29 is 35.4 Å². The summed E-state index contributed by atoms with van der Waals surface area (Å²) in [5.74, 6) is -3.16. The number of hydrogen-bond donors (Lipinski definition) is 5. The first-order chi connectivity index (χ1) is 6.84. The average Bonchev–Trinajstić information content (AvgIpc) is 2.20. The molecule has 1 heterocycles. The van der Waals surface area contributed by atoms with Crippen molar-refractivity contribution in [1.29, 1.82) is 0 Å². The molecule has 16 heavy (non-hydrogen) atoms. The highest BCUT2D eigenvalue weighted by Crippen LogP contribution is 2.27. The second kappa shape index (κ2) is 5.15. The molecule has 0 aromatic rings. The second-order valence-electron chi connectivity index (χ2n) is 3.60. The highest BCUT2D eigenvalue weighted by Gasteiger charge is 2.54. The van der Waals surface area contributed by atoms with Crippen LogP contribution in [0.3, 0.4) is 0 Å². The maximum absolute atomic E-state index is 11.1. The van der Waals surface area contributed by atoms with Gasteiger partial charge < -0.3 is 36.4 Å². The molecular weight excluding hydrogens is 222 g/mol.